The lowest BCUT2D eigenvalue weighted by Gasteiger charge is -2.07. The second kappa shape index (κ2) is 4.67. The van der Waals surface area contributed by atoms with Crippen molar-refractivity contribution in [2.24, 2.45) is 7.05 Å². The summed E-state index contributed by atoms with van der Waals surface area (Å²) in [7, 11) is 2.01. The van der Waals surface area contributed by atoms with Gasteiger partial charge in [0.1, 0.15) is 5.82 Å². The van der Waals surface area contributed by atoms with E-state index in [4.69, 9.17) is 11.6 Å². The number of hydrogen-bond acceptors (Lipinski definition) is 2. The van der Waals surface area contributed by atoms with Crippen molar-refractivity contribution < 1.29 is 0 Å². The van der Waals surface area contributed by atoms with Gasteiger partial charge in [-0.1, -0.05) is 25.4 Å². The molecule has 4 heteroatoms. The summed E-state index contributed by atoms with van der Waals surface area (Å²) in [4.78, 5) is 4.62. The molecular formula is C13H18ClN3. The van der Waals surface area contributed by atoms with Crippen molar-refractivity contribution in [2.75, 3.05) is 0 Å². The van der Waals surface area contributed by atoms with E-state index in [2.05, 4.69) is 34.8 Å². The molecule has 0 spiro atoms. The summed E-state index contributed by atoms with van der Waals surface area (Å²) in [6, 6.07) is 4.50. The molecule has 0 saturated heterocycles. The standard InChI is InChI=1S/C13H18ClN3/c1-8(2)15-7-12-16-11-6-9(3)5-10(14)13(11)17(12)4/h5-6,8,15H,7H2,1-4H3. The van der Waals surface area contributed by atoms with E-state index in [0.717, 1.165) is 34.0 Å². The summed E-state index contributed by atoms with van der Waals surface area (Å²) < 4.78 is 2.06. The van der Waals surface area contributed by atoms with Crippen LogP contribution in [0.4, 0.5) is 0 Å². The predicted molar refractivity (Wildman–Crippen MR) is 72.4 cm³/mol. The lowest BCUT2D eigenvalue weighted by atomic mass is 10.2. The highest BCUT2D eigenvalue weighted by Crippen LogP contribution is 2.25. The average Bonchev–Trinajstić information content (AvgIpc) is 2.52. The number of aryl methyl sites for hydroxylation is 2. The van der Waals surface area contributed by atoms with Gasteiger partial charge in [-0.15, -0.1) is 0 Å². The van der Waals surface area contributed by atoms with Crippen molar-refractivity contribution in [3.8, 4) is 0 Å². The van der Waals surface area contributed by atoms with Gasteiger partial charge < -0.3 is 9.88 Å². The molecule has 0 fully saturated rings. The van der Waals surface area contributed by atoms with E-state index >= 15 is 0 Å². The van der Waals surface area contributed by atoms with Gasteiger partial charge in [0.15, 0.2) is 0 Å². The zero-order valence-corrected chi connectivity index (χ0v) is 11.5. The lowest BCUT2D eigenvalue weighted by molar-refractivity contribution is 0.563. The van der Waals surface area contributed by atoms with Crippen LogP contribution in [0.2, 0.25) is 5.02 Å². The van der Waals surface area contributed by atoms with Gasteiger partial charge in [-0.2, -0.15) is 0 Å². The van der Waals surface area contributed by atoms with Crippen LogP contribution in [0, 0.1) is 6.92 Å². The van der Waals surface area contributed by atoms with Gasteiger partial charge in [0, 0.05) is 13.1 Å². The highest BCUT2D eigenvalue weighted by atomic mass is 35.5. The van der Waals surface area contributed by atoms with Crippen molar-refractivity contribution in [2.45, 2.75) is 33.4 Å². The quantitative estimate of drug-likeness (QED) is 0.909. The normalized spacial score (nSPS) is 11.6. The second-order valence-electron chi connectivity index (χ2n) is 4.74. The monoisotopic (exact) mass is 251 g/mol. The van der Waals surface area contributed by atoms with Crippen LogP contribution in [0.15, 0.2) is 12.1 Å². The fourth-order valence-corrected chi connectivity index (χ4v) is 2.33. The zero-order chi connectivity index (χ0) is 12.6. The molecule has 0 unspecified atom stereocenters. The molecular weight excluding hydrogens is 234 g/mol. The summed E-state index contributed by atoms with van der Waals surface area (Å²) in [5.41, 5.74) is 3.12. The van der Waals surface area contributed by atoms with Crippen LogP contribution in [0.3, 0.4) is 0 Å². The Balaban J connectivity index is 2.45. The maximum atomic E-state index is 6.26. The van der Waals surface area contributed by atoms with Crippen LogP contribution in [0.1, 0.15) is 25.2 Å². The Hall–Kier alpha value is -1.06. The number of fused-ring (bicyclic) bond motifs is 1. The smallest absolute Gasteiger partial charge is 0.123 e. The Labute approximate surface area is 107 Å². The number of nitrogens with one attached hydrogen (secondary N) is 1. The summed E-state index contributed by atoms with van der Waals surface area (Å²) >= 11 is 6.26. The van der Waals surface area contributed by atoms with Crippen molar-refractivity contribution in [1.82, 2.24) is 14.9 Å². The van der Waals surface area contributed by atoms with E-state index < -0.39 is 0 Å². The summed E-state index contributed by atoms with van der Waals surface area (Å²) in [6.07, 6.45) is 0. The first-order valence-corrected chi connectivity index (χ1v) is 6.21. The van der Waals surface area contributed by atoms with Crippen molar-refractivity contribution in [1.29, 1.82) is 0 Å². The van der Waals surface area contributed by atoms with E-state index in [9.17, 15) is 0 Å². The molecule has 3 nitrogen and oxygen atoms in total. The van der Waals surface area contributed by atoms with Crippen LogP contribution in [0.25, 0.3) is 11.0 Å². The molecule has 2 rings (SSSR count). The third-order valence-corrected chi connectivity index (χ3v) is 3.12. The number of aromatic nitrogens is 2. The first-order chi connectivity index (χ1) is 7.99. The number of imidazole rings is 1. The van der Waals surface area contributed by atoms with Gasteiger partial charge in [0.25, 0.3) is 0 Å². The molecule has 2 aromatic rings. The Morgan fingerprint density at radius 2 is 2.12 bits per heavy atom. The van der Waals surface area contributed by atoms with Gasteiger partial charge in [0.05, 0.1) is 22.6 Å². The fourth-order valence-electron chi connectivity index (χ4n) is 1.93. The minimum atomic E-state index is 0.451. The van der Waals surface area contributed by atoms with Crippen molar-refractivity contribution >= 4 is 22.6 Å². The van der Waals surface area contributed by atoms with Gasteiger partial charge in [0.2, 0.25) is 0 Å². The first-order valence-electron chi connectivity index (χ1n) is 5.84. The van der Waals surface area contributed by atoms with Crippen LogP contribution >= 0.6 is 11.6 Å². The third-order valence-electron chi connectivity index (χ3n) is 2.83. The van der Waals surface area contributed by atoms with Crippen LogP contribution in [-0.2, 0) is 13.6 Å². The molecule has 1 N–H and O–H groups in total. The number of nitrogens with zero attached hydrogens (tertiary/aromatic N) is 2. The van der Waals surface area contributed by atoms with E-state index in [1.165, 1.54) is 0 Å². The minimum absolute atomic E-state index is 0.451. The van der Waals surface area contributed by atoms with E-state index in [1.807, 2.05) is 20.0 Å². The molecule has 0 amide bonds. The van der Waals surface area contributed by atoms with Gasteiger partial charge in [-0.3, -0.25) is 0 Å². The molecule has 0 aliphatic carbocycles. The molecule has 17 heavy (non-hydrogen) atoms. The van der Waals surface area contributed by atoms with Crippen molar-refractivity contribution in [3.05, 3.63) is 28.5 Å². The average molecular weight is 252 g/mol. The third kappa shape index (κ3) is 2.45. The number of halogens is 1. The summed E-state index contributed by atoms with van der Waals surface area (Å²) in [6.45, 7) is 7.05. The Morgan fingerprint density at radius 1 is 1.41 bits per heavy atom. The maximum absolute atomic E-state index is 6.26. The predicted octanol–water partition coefficient (Wildman–Crippen LogP) is 3.03. The topological polar surface area (TPSA) is 29.9 Å². The Bertz CT molecular complexity index is 543. The van der Waals surface area contributed by atoms with Crippen LogP contribution in [0.5, 0.6) is 0 Å². The molecule has 0 atom stereocenters. The molecule has 1 aromatic heterocycles. The SMILES string of the molecule is Cc1cc(Cl)c2c(c1)nc(CNC(C)C)n2C. The van der Waals surface area contributed by atoms with E-state index in [-0.39, 0.29) is 0 Å². The number of rotatable bonds is 3. The van der Waals surface area contributed by atoms with Crippen LogP contribution < -0.4 is 5.32 Å². The number of benzene rings is 1. The lowest BCUT2D eigenvalue weighted by Crippen LogP contribution is -2.23. The van der Waals surface area contributed by atoms with Gasteiger partial charge in [-0.25, -0.2) is 4.98 Å². The molecule has 1 heterocycles. The Kier molecular flexibility index (Phi) is 3.40. The maximum Gasteiger partial charge on any atom is 0.123 e. The van der Waals surface area contributed by atoms with E-state index in [0.29, 0.717) is 6.04 Å². The largest absolute Gasteiger partial charge is 0.329 e. The molecule has 0 aliphatic rings. The first kappa shape index (κ1) is 12.4. The molecule has 0 saturated carbocycles. The molecule has 0 aliphatic heterocycles. The summed E-state index contributed by atoms with van der Waals surface area (Å²) in [5, 5.41) is 4.14. The summed E-state index contributed by atoms with van der Waals surface area (Å²) in [5.74, 6) is 1.02. The van der Waals surface area contributed by atoms with Gasteiger partial charge in [-0.05, 0) is 24.6 Å². The molecule has 0 radical (unpaired) electrons. The van der Waals surface area contributed by atoms with Gasteiger partial charge >= 0.3 is 0 Å². The minimum Gasteiger partial charge on any atom is -0.329 e. The van der Waals surface area contributed by atoms with E-state index in [1.54, 1.807) is 0 Å². The zero-order valence-electron chi connectivity index (χ0n) is 10.7. The molecule has 92 valence electrons. The Morgan fingerprint density at radius 3 is 2.76 bits per heavy atom. The number of hydrogen-bond donors (Lipinski definition) is 1. The highest BCUT2D eigenvalue weighted by Gasteiger charge is 2.11. The van der Waals surface area contributed by atoms with Crippen molar-refractivity contribution in [3.63, 3.8) is 0 Å². The fraction of sp³-hybridized carbons (Fsp3) is 0.462. The molecule has 1 aromatic carbocycles. The second-order valence-corrected chi connectivity index (χ2v) is 5.14. The van der Waals surface area contributed by atoms with Crippen LogP contribution in [-0.4, -0.2) is 15.6 Å². The molecule has 0 bridgehead atoms. The highest BCUT2D eigenvalue weighted by molar-refractivity contribution is 6.35.